The lowest BCUT2D eigenvalue weighted by atomic mass is 10.0. The van der Waals surface area contributed by atoms with E-state index >= 15 is 0 Å². The molecular formula is C21H18ClN7O3. The molecule has 1 unspecified atom stereocenters. The Morgan fingerprint density at radius 3 is 2.62 bits per heavy atom. The number of carboxylic acid groups (broad SMARTS) is 1. The summed E-state index contributed by atoms with van der Waals surface area (Å²) in [5.41, 5.74) is 3.88. The lowest BCUT2D eigenvalue weighted by molar-refractivity contribution is 0.0993. The Morgan fingerprint density at radius 2 is 1.94 bits per heavy atom. The molecule has 0 saturated carbocycles. The molecule has 1 aliphatic rings. The van der Waals surface area contributed by atoms with Crippen molar-refractivity contribution in [2.45, 2.75) is 13.0 Å². The molecule has 1 aliphatic heterocycles. The number of nitrogens with one attached hydrogen (secondary N) is 1. The molecule has 4 heterocycles. The van der Waals surface area contributed by atoms with E-state index in [1.807, 2.05) is 25.1 Å². The molecule has 5 rings (SSSR count). The highest BCUT2D eigenvalue weighted by Crippen LogP contribution is 2.45. The first kappa shape index (κ1) is 20.0. The number of anilines is 2. The third-order valence-electron chi connectivity index (χ3n) is 5.57. The van der Waals surface area contributed by atoms with Crippen LogP contribution >= 0.6 is 11.6 Å². The molecule has 10 nitrogen and oxygen atoms in total. The van der Waals surface area contributed by atoms with E-state index in [1.165, 1.54) is 0 Å². The highest BCUT2D eigenvalue weighted by atomic mass is 35.5. The van der Waals surface area contributed by atoms with Gasteiger partial charge >= 0.3 is 6.09 Å². The minimum atomic E-state index is -1.25. The number of hydrogen-bond acceptors (Lipinski definition) is 5. The summed E-state index contributed by atoms with van der Waals surface area (Å²) in [6.45, 7) is 1.85. The lowest BCUT2D eigenvalue weighted by Crippen LogP contribution is -2.31. The number of rotatable bonds is 3. The summed E-state index contributed by atoms with van der Waals surface area (Å²) in [4.78, 5) is 31.4. The molecule has 2 amide bonds. The topological polar surface area (TPSA) is 118 Å². The first-order valence-electron chi connectivity index (χ1n) is 9.71. The molecule has 3 aromatic heterocycles. The molecule has 0 radical (unpaired) electrons. The largest absolute Gasteiger partial charge is 0.465 e. The molecule has 0 aliphatic carbocycles. The molecule has 11 heteroatoms. The maximum atomic E-state index is 13.8. The van der Waals surface area contributed by atoms with E-state index in [-0.39, 0.29) is 11.6 Å². The molecule has 162 valence electrons. The lowest BCUT2D eigenvalue weighted by Gasteiger charge is -2.27. The highest BCUT2D eigenvalue weighted by Gasteiger charge is 2.44. The maximum absolute atomic E-state index is 13.8. The zero-order chi connectivity index (χ0) is 22.7. The van der Waals surface area contributed by atoms with Crippen molar-refractivity contribution in [3.05, 3.63) is 63.9 Å². The van der Waals surface area contributed by atoms with Crippen LogP contribution < -0.4 is 10.2 Å². The van der Waals surface area contributed by atoms with E-state index in [4.69, 9.17) is 16.6 Å². The number of pyridine rings is 1. The summed E-state index contributed by atoms with van der Waals surface area (Å²) >= 11 is 6.10. The summed E-state index contributed by atoms with van der Waals surface area (Å²) in [5.74, 6) is 0.0969. The van der Waals surface area contributed by atoms with E-state index in [9.17, 15) is 14.7 Å². The summed E-state index contributed by atoms with van der Waals surface area (Å²) in [6.07, 6.45) is 0.357. The van der Waals surface area contributed by atoms with Crippen molar-refractivity contribution in [1.29, 1.82) is 0 Å². The number of carbonyl (C=O) groups is 2. The van der Waals surface area contributed by atoms with E-state index in [2.05, 4.69) is 15.6 Å². The third-order valence-corrected chi connectivity index (χ3v) is 5.83. The van der Waals surface area contributed by atoms with E-state index in [1.54, 1.807) is 46.6 Å². The van der Waals surface area contributed by atoms with Gasteiger partial charge in [0.15, 0.2) is 5.65 Å². The van der Waals surface area contributed by atoms with Crippen molar-refractivity contribution in [1.82, 2.24) is 24.5 Å². The predicted octanol–water partition coefficient (Wildman–Crippen LogP) is 3.50. The van der Waals surface area contributed by atoms with Gasteiger partial charge in [0.1, 0.15) is 17.4 Å². The Balaban J connectivity index is 1.76. The van der Waals surface area contributed by atoms with Gasteiger partial charge in [-0.15, -0.1) is 5.10 Å². The number of hydrogen-bond donors (Lipinski definition) is 2. The van der Waals surface area contributed by atoms with Gasteiger partial charge in [0.25, 0.3) is 5.91 Å². The summed E-state index contributed by atoms with van der Waals surface area (Å²) < 4.78 is 3.30. The van der Waals surface area contributed by atoms with Crippen LogP contribution in [0.1, 0.15) is 33.2 Å². The molecule has 0 bridgehead atoms. The minimum absolute atomic E-state index is 0.224. The van der Waals surface area contributed by atoms with Gasteiger partial charge in [-0.25, -0.2) is 14.5 Å². The number of fused-ring (bicyclic) bond motifs is 2. The standard InChI is InChI=1S/C21H18ClN7O3/c1-10-8-13-19(28(3)26-25-13)24-18(10)29-16(11-4-6-12(22)7-5-11)17-15(20(29)30)14(9-27(17)2)23-21(31)32/h4-9,16,23H,1-3H3,(H,31,32). The zero-order valence-corrected chi connectivity index (χ0v) is 18.1. The van der Waals surface area contributed by atoms with Crippen molar-refractivity contribution in [2.24, 2.45) is 14.1 Å². The SMILES string of the molecule is Cc1cc2nnn(C)c2nc1N1C(=O)c2c(NC(=O)O)cn(C)c2C1c1ccc(Cl)cc1. The second-order valence-electron chi connectivity index (χ2n) is 7.66. The van der Waals surface area contributed by atoms with Crippen LogP contribution in [-0.2, 0) is 14.1 Å². The van der Waals surface area contributed by atoms with Gasteiger partial charge < -0.3 is 9.67 Å². The average molecular weight is 452 g/mol. The number of aryl methyl sites for hydroxylation is 3. The Bertz CT molecular complexity index is 1410. The van der Waals surface area contributed by atoms with Gasteiger partial charge in [-0.2, -0.15) is 0 Å². The number of nitrogens with zero attached hydrogens (tertiary/aromatic N) is 6. The quantitative estimate of drug-likeness (QED) is 0.492. The molecule has 2 N–H and O–H groups in total. The average Bonchev–Trinajstić information content (AvgIpc) is 3.35. The Kier molecular flexibility index (Phi) is 4.41. The Labute approximate surface area is 187 Å². The van der Waals surface area contributed by atoms with Crippen LogP contribution in [0.25, 0.3) is 11.2 Å². The van der Waals surface area contributed by atoms with Crippen LogP contribution in [0.2, 0.25) is 5.02 Å². The maximum Gasteiger partial charge on any atom is 0.409 e. The zero-order valence-electron chi connectivity index (χ0n) is 17.4. The molecule has 0 fully saturated rings. The fourth-order valence-corrected chi connectivity index (χ4v) is 4.36. The van der Waals surface area contributed by atoms with Crippen molar-refractivity contribution >= 4 is 46.3 Å². The normalized spacial score (nSPS) is 15.4. The summed E-state index contributed by atoms with van der Waals surface area (Å²) in [7, 11) is 3.51. The minimum Gasteiger partial charge on any atom is -0.465 e. The van der Waals surface area contributed by atoms with Gasteiger partial charge in [0, 0.05) is 25.3 Å². The first-order chi connectivity index (χ1) is 15.3. The molecule has 1 atom stereocenters. The van der Waals surface area contributed by atoms with Crippen LogP contribution in [-0.4, -0.2) is 41.7 Å². The summed E-state index contributed by atoms with van der Waals surface area (Å²) in [6, 6.07) is 8.50. The Morgan fingerprint density at radius 1 is 1.22 bits per heavy atom. The van der Waals surface area contributed by atoms with Gasteiger partial charge in [-0.1, -0.05) is 28.9 Å². The first-order valence-corrected chi connectivity index (χ1v) is 10.1. The predicted molar refractivity (Wildman–Crippen MR) is 118 cm³/mol. The monoisotopic (exact) mass is 451 g/mol. The van der Waals surface area contributed by atoms with Crippen LogP contribution in [0.5, 0.6) is 0 Å². The Hall–Kier alpha value is -3.92. The molecule has 1 aromatic carbocycles. The number of halogens is 1. The second kappa shape index (κ2) is 7.06. The van der Waals surface area contributed by atoms with Gasteiger partial charge in [-0.3, -0.25) is 15.0 Å². The van der Waals surface area contributed by atoms with E-state index in [0.29, 0.717) is 33.3 Å². The van der Waals surface area contributed by atoms with Crippen LogP contribution in [0.3, 0.4) is 0 Å². The van der Waals surface area contributed by atoms with Crippen molar-refractivity contribution < 1.29 is 14.7 Å². The highest BCUT2D eigenvalue weighted by molar-refractivity contribution is 6.30. The van der Waals surface area contributed by atoms with Crippen LogP contribution in [0, 0.1) is 6.92 Å². The van der Waals surface area contributed by atoms with Crippen LogP contribution in [0.4, 0.5) is 16.3 Å². The van der Waals surface area contributed by atoms with Crippen molar-refractivity contribution in [3.63, 3.8) is 0 Å². The molecular weight excluding hydrogens is 434 g/mol. The molecule has 0 saturated heterocycles. The van der Waals surface area contributed by atoms with Crippen molar-refractivity contribution in [3.8, 4) is 0 Å². The van der Waals surface area contributed by atoms with Gasteiger partial charge in [0.05, 0.1) is 16.9 Å². The van der Waals surface area contributed by atoms with E-state index in [0.717, 1.165) is 11.1 Å². The third kappa shape index (κ3) is 2.91. The number of amides is 2. The fraction of sp³-hybridized carbons (Fsp3) is 0.190. The van der Waals surface area contributed by atoms with E-state index < -0.39 is 12.1 Å². The number of carbonyl (C=O) groups excluding carboxylic acids is 1. The van der Waals surface area contributed by atoms with Gasteiger partial charge in [0.2, 0.25) is 0 Å². The van der Waals surface area contributed by atoms with Crippen molar-refractivity contribution in [2.75, 3.05) is 10.2 Å². The molecule has 0 spiro atoms. The summed E-state index contributed by atoms with van der Waals surface area (Å²) in [5, 5.41) is 20.3. The number of aromatic nitrogens is 5. The van der Waals surface area contributed by atoms with Gasteiger partial charge in [-0.05, 0) is 36.2 Å². The molecule has 4 aromatic rings. The number of benzene rings is 1. The second-order valence-corrected chi connectivity index (χ2v) is 8.09. The smallest absolute Gasteiger partial charge is 0.409 e. The fourth-order valence-electron chi connectivity index (χ4n) is 4.23. The van der Waals surface area contributed by atoms with Crippen LogP contribution in [0.15, 0.2) is 36.5 Å². The molecule has 32 heavy (non-hydrogen) atoms.